The van der Waals surface area contributed by atoms with Gasteiger partial charge >= 0.3 is 5.97 Å². The van der Waals surface area contributed by atoms with E-state index in [1.54, 1.807) is 0 Å². The van der Waals surface area contributed by atoms with Crippen LogP contribution in [0.1, 0.15) is 70.9 Å². The number of fused-ring (bicyclic) bond motifs is 1. The number of hydrogen-bond donors (Lipinski definition) is 0. The standard InChI is InChI=1S/C25H34N4O2/c1-4-5-6-7-10-13-31-25(30)20(15-26)23-24(29-16-18(2)14-19(3)17-29)28-22-12-9-8-11-21(22)27-23/h8-9,11-12,18-20H,4-7,10,13-14,16-17H2,1-3H3/t18-,19-,20+/m0/s1. The summed E-state index contributed by atoms with van der Waals surface area (Å²) >= 11 is 0. The molecule has 6 heteroatoms. The first-order chi connectivity index (χ1) is 15.0. The summed E-state index contributed by atoms with van der Waals surface area (Å²) in [4.78, 5) is 24.6. The molecule has 2 aromatic rings. The molecule has 0 N–H and O–H groups in total. The van der Waals surface area contributed by atoms with Crippen LogP contribution in [0.15, 0.2) is 24.3 Å². The van der Waals surface area contributed by atoms with Gasteiger partial charge in [-0.2, -0.15) is 5.26 Å². The van der Waals surface area contributed by atoms with Crippen LogP contribution in [0.25, 0.3) is 11.0 Å². The maximum Gasteiger partial charge on any atom is 0.329 e. The summed E-state index contributed by atoms with van der Waals surface area (Å²) in [5, 5.41) is 9.88. The average molecular weight is 423 g/mol. The van der Waals surface area contributed by atoms with Crippen molar-refractivity contribution >= 4 is 22.8 Å². The maximum atomic E-state index is 12.8. The third-order valence-corrected chi connectivity index (χ3v) is 5.88. The number of rotatable bonds is 9. The van der Waals surface area contributed by atoms with Crippen molar-refractivity contribution in [2.75, 3.05) is 24.6 Å². The molecule has 166 valence electrons. The zero-order valence-corrected chi connectivity index (χ0v) is 19.0. The summed E-state index contributed by atoms with van der Waals surface area (Å²) in [7, 11) is 0. The lowest BCUT2D eigenvalue weighted by Crippen LogP contribution is -2.40. The van der Waals surface area contributed by atoms with E-state index in [4.69, 9.17) is 14.7 Å². The van der Waals surface area contributed by atoms with Crippen LogP contribution in [0.2, 0.25) is 0 Å². The van der Waals surface area contributed by atoms with Crippen LogP contribution in [0.3, 0.4) is 0 Å². The number of carbonyl (C=O) groups is 1. The first-order valence-electron chi connectivity index (χ1n) is 11.6. The van der Waals surface area contributed by atoms with Crippen molar-refractivity contribution in [1.29, 1.82) is 5.26 Å². The Morgan fingerprint density at radius 3 is 2.42 bits per heavy atom. The van der Waals surface area contributed by atoms with E-state index in [-0.39, 0.29) is 0 Å². The lowest BCUT2D eigenvalue weighted by molar-refractivity contribution is -0.144. The Morgan fingerprint density at radius 2 is 1.77 bits per heavy atom. The van der Waals surface area contributed by atoms with E-state index in [1.807, 2.05) is 24.3 Å². The van der Waals surface area contributed by atoms with Gasteiger partial charge in [-0.25, -0.2) is 9.97 Å². The predicted molar refractivity (Wildman–Crippen MR) is 123 cm³/mol. The Morgan fingerprint density at radius 1 is 1.13 bits per heavy atom. The molecule has 0 radical (unpaired) electrons. The third-order valence-electron chi connectivity index (χ3n) is 5.88. The monoisotopic (exact) mass is 422 g/mol. The van der Waals surface area contributed by atoms with Crippen LogP contribution in [-0.2, 0) is 9.53 Å². The lowest BCUT2D eigenvalue weighted by atomic mass is 9.91. The first-order valence-corrected chi connectivity index (χ1v) is 11.6. The fraction of sp³-hybridized carbons (Fsp3) is 0.600. The fourth-order valence-electron chi connectivity index (χ4n) is 4.45. The number of benzene rings is 1. The Balaban J connectivity index is 1.85. The van der Waals surface area contributed by atoms with Crippen LogP contribution >= 0.6 is 0 Å². The topological polar surface area (TPSA) is 79.1 Å². The normalized spacial score (nSPS) is 19.7. The number of piperidine rings is 1. The SMILES string of the molecule is CCCCCCCOC(=O)[C@H](C#N)c1nc2ccccc2nc1N1C[C@@H](C)C[C@H](C)C1. The number of nitriles is 1. The van der Waals surface area contributed by atoms with E-state index < -0.39 is 11.9 Å². The molecule has 2 heterocycles. The molecular formula is C25H34N4O2. The molecule has 0 spiro atoms. The van der Waals surface area contributed by atoms with E-state index in [0.29, 0.717) is 35.5 Å². The van der Waals surface area contributed by atoms with Crippen molar-refractivity contribution in [3.05, 3.63) is 30.0 Å². The zero-order valence-electron chi connectivity index (χ0n) is 19.0. The third kappa shape index (κ3) is 5.94. The van der Waals surface area contributed by atoms with Crippen molar-refractivity contribution in [2.24, 2.45) is 11.8 Å². The number of hydrogen-bond acceptors (Lipinski definition) is 6. The second-order valence-corrected chi connectivity index (χ2v) is 8.92. The van der Waals surface area contributed by atoms with Crippen molar-refractivity contribution in [3.8, 4) is 6.07 Å². The molecule has 3 atom stereocenters. The molecule has 1 aliphatic heterocycles. The van der Waals surface area contributed by atoms with E-state index in [9.17, 15) is 10.1 Å². The van der Waals surface area contributed by atoms with Crippen LogP contribution in [0.5, 0.6) is 0 Å². The number of unbranched alkanes of at least 4 members (excludes halogenated alkanes) is 4. The quantitative estimate of drug-likeness (QED) is 0.406. The van der Waals surface area contributed by atoms with E-state index >= 15 is 0 Å². The molecule has 1 aromatic heterocycles. The van der Waals surface area contributed by atoms with Gasteiger partial charge < -0.3 is 9.64 Å². The molecular weight excluding hydrogens is 388 g/mol. The highest BCUT2D eigenvalue weighted by atomic mass is 16.5. The van der Waals surface area contributed by atoms with Gasteiger partial charge in [0.15, 0.2) is 11.7 Å². The minimum atomic E-state index is -1.07. The van der Waals surface area contributed by atoms with E-state index in [0.717, 1.165) is 44.3 Å². The fourth-order valence-corrected chi connectivity index (χ4v) is 4.45. The van der Waals surface area contributed by atoms with Crippen molar-refractivity contribution in [1.82, 2.24) is 9.97 Å². The van der Waals surface area contributed by atoms with E-state index in [1.165, 1.54) is 12.8 Å². The van der Waals surface area contributed by atoms with Crippen LogP contribution < -0.4 is 4.90 Å². The average Bonchev–Trinajstić information content (AvgIpc) is 2.75. The van der Waals surface area contributed by atoms with Crippen LogP contribution in [0, 0.1) is 23.2 Å². The smallest absolute Gasteiger partial charge is 0.329 e. The molecule has 3 rings (SSSR count). The van der Waals surface area contributed by atoms with Gasteiger partial charge in [0.05, 0.1) is 23.7 Å². The lowest BCUT2D eigenvalue weighted by Gasteiger charge is -2.36. The summed E-state index contributed by atoms with van der Waals surface area (Å²) in [5.41, 5.74) is 1.87. The number of anilines is 1. The first kappa shape index (κ1) is 23.0. The number of para-hydroxylation sites is 2. The molecule has 1 aromatic carbocycles. The van der Waals surface area contributed by atoms with Gasteiger partial charge in [0, 0.05) is 13.1 Å². The summed E-state index contributed by atoms with van der Waals surface area (Å²) in [5.74, 6) is 0.0710. The molecule has 0 saturated carbocycles. The Hall–Kier alpha value is -2.68. The Kier molecular flexibility index (Phi) is 8.22. The summed E-state index contributed by atoms with van der Waals surface area (Å²) in [6, 6.07) is 9.74. The van der Waals surface area contributed by atoms with E-state index in [2.05, 4.69) is 31.7 Å². The molecule has 31 heavy (non-hydrogen) atoms. The van der Waals surface area contributed by atoms with Gasteiger partial charge in [-0.1, -0.05) is 58.6 Å². The highest BCUT2D eigenvalue weighted by Gasteiger charge is 2.32. The van der Waals surface area contributed by atoms with Gasteiger partial charge in [0.2, 0.25) is 0 Å². The van der Waals surface area contributed by atoms with Gasteiger partial charge in [0.1, 0.15) is 5.69 Å². The highest BCUT2D eigenvalue weighted by molar-refractivity contribution is 5.85. The van der Waals surface area contributed by atoms with Crippen molar-refractivity contribution in [2.45, 2.75) is 65.2 Å². The molecule has 1 saturated heterocycles. The molecule has 1 fully saturated rings. The van der Waals surface area contributed by atoms with Crippen LogP contribution in [0.4, 0.5) is 5.82 Å². The minimum Gasteiger partial charge on any atom is -0.464 e. The number of carbonyl (C=O) groups excluding carboxylic acids is 1. The highest BCUT2D eigenvalue weighted by Crippen LogP contribution is 2.32. The Labute approximate surface area is 185 Å². The molecule has 1 aliphatic rings. The molecule has 0 bridgehead atoms. The molecule has 6 nitrogen and oxygen atoms in total. The number of nitrogens with zero attached hydrogens (tertiary/aromatic N) is 4. The Bertz CT molecular complexity index is 913. The molecule has 0 amide bonds. The van der Waals surface area contributed by atoms with Gasteiger partial charge in [0.25, 0.3) is 0 Å². The van der Waals surface area contributed by atoms with Gasteiger partial charge in [-0.3, -0.25) is 4.79 Å². The molecule has 0 aliphatic carbocycles. The second-order valence-electron chi connectivity index (χ2n) is 8.92. The van der Waals surface area contributed by atoms with Crippen molar-refractivity contribution in [3.63, 3.8) is 0 Å². The second kappa shape index (κ2) is 11.1. The van der Waals surface area contributed by atoms with Crippen LogP contribution in [-0.4, -0.2) is 35.6 Å². The summed E-state index contributed by atoms with van der Waals surface area (Å²) in [6.45, 7) is 8.65. The van der Waals surface area contributed by atoms with Crippen molar-refractivity contribution < 1.29 is 9.53 Å². The van der Waals surface area contributed by atoms with Gasteiger partial charge in [-0.05, 0) is 36.8 Å². The number of ether oxygens (including phenoxy) is 1. The molecule has 0 unspecified atom stereocenters. The largest absolute Gasteiger partial charge is 0.464 e. The summed E-state index contributed by atoms with van der Waals surface area (Å²) < 4.78 is 5.48. The minimum absolute atomic E-state index is 0.342. The zero-order chi connectivity index (χ0) is 22.2. The predicted octanol–water partition coefficient (Wildman–Crippen LogP) is 5.23. The summed E-state index contributed by atoms with van der Waals surface area (Å²) in [6.07, 6.45) is 6.52. The number of aromatic nitrogens is 2. The maximum absolute atomic E-state index is 12.8. The number of esters is 1. The van der Waals surface area contributed by atoms with Gasteiger partial charge in [-0.15, -0.1) is 0 Å².